The van der Waals surface area contributed by atoms with Crippen LogP contribution in [0.3, 0.4) is 0 Å². The predicted molar refractivity (Wildman–Crippen MR) is 126 cm³/mol. The van der Waals surface area contributed by atoms with E-state index in [1.807, 2.05) is 11.8 Å². The zero-order chi connectivity index (χ0) is 18.9. The highest BCUT2D eigenvalue weighted by atomic mass is 32.2. The van der Waals surface area contributed by atoms with Gasteiger partial charge in [-0.05, 0) is 73.1 Å². The molecule has 1 aliphatic heterocycles. The molecule has 0 spiro atoms. The molecule has 0 aromatic heterocycles. The van der Waals surface area contributed by atoms with Crippen molar-refractivity contribution >= 4 is 54.9 Å². The average Bonchev–Trinajstić information content (AvgIpc) is 2.77. The molecular weight excluding hydrogens is 368 g/mol. The van der Waals surface area contributed by atoms with Crippen LogP contribution in [-0.4, -0.2) is 0 Å². The van der Waals surface area contributed by atoms with Gasteiger partial charge in [-0.1, -0.05) is 84.6 Å². The van der Waals surface area contributed by atoms with Gasteiger partial charge < -0.3 is 0 Å². The number of fused-ring (bicyclic) bond motifs is 7. The Bertz CT molecular complexity index is 1610. The van der Waals surface area contributed by atoms with E-state index in [0.717, 1.165) is 0 Å². The van der Waals surface area contributed by atoms with Gasteiger partial charge in [0.2, 0.25) is 0 Å². The van der Waals surface area contributed by atoms with Gasteiger partial charge in [-0.3, -0.25) is 0 Å². The van der Waals surface area contributed by atoms with Crippen LogP contribution in [0.5, 0.6) is 0 Å². The summed E-state index contributed by atoms with van der Waals surface area (Å²) in [5, 5.41) is 10.7. The van der Waals surface area contributed by atoms with Crippen LogP contribution >= 0.6 is 11.8 Å². The molecule has 134 valence electrons. The van der Waals surface area contributed by atoms with Gasteiger partial charge in [0.05, 0.1) is 0 Å². The molecule has 0 radical (unpaired) electrons. The molecule has 0 aliphatic carbocycles. The summed E-state index contributed by atoms with van der Waals surface area (Å²) in [5.74, 6) is 0. The highest BCUT2D eigenvalue weighted by molar-refractivity contribution is 7.99. The summed E-state index contributed by atoms with van der Waals surface area (Å²) in [4.78, 5) is 2.71. The lowest BCUT2D eigenvalue weighted by Gasteiger charge is -2.23. The minimum atomic E-state index is 1.30. The van der Waals surface area contributed by atoms with Gasteiger partial charge in [0.25, 0.3) is 0 Å². The fourth-order valence-electron chi connectivity index (χ4n) is 4.87. The summed E-state index contributed by atoms with van der Waals surface area (Å²) in [6.07, 6.45) is 0. The smallest absolute Gasteiger partial charge is 0.0213 e. The molecule has 1 aliphatic rings. The van der Waals surface area contributed by atoms with Gasteiger partial charge in [-0.2, -0.15) is 0 Å². The number of rotatable bonds is 0. The fourth-order valence-corrected chi connectivity index (χ4v) is 6.07. The molecule has 0 bridgehead atoms. The van der Waals surface area contributed by atoms with Crippen molar-refractivity contribution in [3.8, 4) is 11.1 Å². The molecule has 0 nitrogen and oxygen atoms in total. The summed E-state index contributed by atoms with van der Waals surface area (Å²) >= 11 is 1.91. The summed E-state index contributed by atoms with van der Waals surface area (Å²) in [5.41, 5.74) is 2.71. The Kier molecular flexibility index (Phi) is 3.03. The van der Waals surface area contributed by atoms with Crippen LogP contribution in [-0.2, 0) is 0 Å². The van der Waals surface area contributed by atoms with Crippen molar-refractivity contribution in [3.63, 3.8) is 0 Å². The van der Waals surface area contributed by atoms with Crippen molar-refractivity contribution in [2.45, 2.75) is 9.79 Å². The lowest BCUT2D eigenvalue weighted by atomic mass is 9.89. The number of hydrogen-bond acceptors (Lipinski definition) is 1. The van der Waals surface area contributed by atoms with Crippen molar-refractivity contribution in [2.24, 2.45) is 0 Å². The minimum Gasteiger partial charge on any atom is -0.0887 e. The quantitative estimate of drug-likeness (QED) is 0.236. The Morgan fingerprint density at radius 2 is 0.931 bits per heavy atom. The molecule has 1 heterocycles. The van der Waals surface area contributed by atoms with Crippen LogP contribution in [0, 0.1) is 0 Å². The van der Waals surface area contributed by atoms with E-state index >= 15 is 0 Å². The van der Waals surface area contributed by atoms with Crippen molar-refractivity contribution in [2.75, 3.05) is 0 Å². The van der Waals surface area contributed by atoms with Crippen LogP contribution < -0.4 is 0 Å². The van der Waals surface area contributed by atoms with Crippen LogP contribution in [0.4, 0.5) is 0 Å². The predicted octanol–water partition coefficient (Wildman–Crippen LogP) is 8.43. The van der Waals surface area contributed by atoms with Crippen LogP contribution in [0.15, 0.2) is 107 Å². The third-order valence-electron chi connectivity index (χ3n) is 6.17. The summed E-state index contributed by atoms with van der Waals surface area (Å²) in [6.45, 7) is 0. The third-order valence-corrected chi connectivity index (χ3v) is 7.27. The molecule has 7 rings (SSSR count). The lowest BCUT2D eigenvalue weighted by molar-refractivity contribution is 1.44. The molecule has 1 heteroatoms. The van der Waals surface area contributed by atoms with E-state index in [1.54, 1.807) is 0 Å². The van der Waals surface area contributed by atoms with Crippen molar-refractivity contribution in [3.05, 3.63) is 97.1 Å². The van der Waals surface area contributed by atoms with E-state index in [0.29, 0.717) is 0 Å². The van der Waals surface area contributed by atoms with E-state index < -0.39 is 0 Å². The van der Waals surface area contributed by atoms with Crippen molar-refractivity contribution < 1.29 is 0 Å². The topological polar surface area (TPSA) is 0 Å². The first-order valence-electron chi connectivity index (χ1n) is 9.95. The molecule has 0 amide bonds. The molecule has 0 atom stereocenters. The maximum Gasteiger partial charge on any atom is 0.0213 e. The third kappa shape index (κ3) is 2.11. The van der Waals surface area contributed by atoms with Crippen molar-refractivity contribution in [1.29, 1.82) is 0 Å². The van der Waals surface area contributed by atoms with Crippen LogP contribution in [0.1, 0.15) is 0 Å². The average molecular weight is 385 g/mol. The number of benzene rings is 6. The minimum absolute atomic E-state index is 1.30. The SMILES string of the molecule is c1ccc2cc3c(cc2c1)Sc1cc2ccccc2c2c1c-3cc1ccccc12. The summed E-state index contributed by atoms with van der Waals surface area (Å²) in [7, 11) is 0. The standard InChI is InChI=1S/C28H16S/c1-2-8-18-15-25-23(13-17(18)7-1)24-14-19-9-3-5-11-21(19)27-22-12-6-4-10-20(22)16-26(29-25)28(24)27/h1-16H. The second-order valence-electron chi connectivity index (χ2n) is 7.79. The molecule has 29 heavy (non-hydrogen) atoms. The second kappa shape index (κ2) is 5.62. The highest BCUT2D eigenvalue weighted by Gasteiger charge is 2.22. The molecular formula is C28H16S. The van der Waals surface area contributed by atoms with E-state index in [9.17, 15) is 0 Å². The van der Waals surface area contributed by atoms with Gasteiger partial charge in [-0.25, -0.2) is 0 Å². The first kappa shape index (κ1) is 15.6. The van der Waals surface area contributed by atoms with Crippen molar-refractivity contribution in [1.82, 2.24) is 0 Å². The monoisotopic (exact) mass is 384 g/mol. The Morgan fingerprint density at radius 1 is 0.414 bits per heavy atom. The van der Waals surface area contributed by atoms with Gasteiger partial charge >= 0.3 is 0 Å². The second-order valence-corrected chi connectivity index (χ2v) is 8.87. The zero-order valence-corrected chi connectivity index (χ0v) is 16.5. The summed E-state index contributed by atoms with van der Waals surface area (Å²) in [6, 6.07) is 35.8. The van der Waals surface area contributed by atoms with Gasteiger partial charge in [-0.15, -0.1) is 0 Å². The molecule has 6 aromatic rings. The van der Waals surface area contributed by atoms with E-state index in [2.05, 4.69) is 97.1 Å². The molecule has 6 aromatic carbocycles. The van der Waals surface area contributed by atoms with Crippen LogP contribution in [0.2, 0.25) is 0 Å². The number of hydrogen-bond donors (Lipinski definition) is 0. The molecule has 0 saturated carbocycles. The van der Waals surface area contributed by atoms with Gasteiger partial charge in [0, 0.05) is 15.2 Å². The first-order valence-corrected chi connectivity index (χ1v) is 10.8. The van der Waals surface area contributed by atoms with Gasteiger partial charge in [0.15, 0.2) is 0 Å². The maximum atomic E-state index is 2.39. The largest absolute Gasteiger partial charge is 0.0887 e. The first-order chi connectivity index (χ1) is 14.4. The van der Waals surface area contributed by atoms with Crippen LogP contribution in [0.25, 0.3) is 54.2 Å². The fraction of sp³-hybridized carbons (Fsp3) is 0. The lowest BCUT2D eigenvalue weighted by Crippen LogP contribution is -1.95. The summed E-state index contributed by atoms with van der Waals surface area (Å²) < 4.78 is 0. The van der Waals surface area contributed by atoms with E-state index in [1.165, 1.54) is 64.0 Å². The molecule has 0 fully saturated rings. The highest BCUT2D eigenvalue weighted by Crippen LogP contribution is 2.52. The van der Waals surface area contributed by atoms with E-state index in [-0.39, 0.29) is 0 Å². The normalized spacial score (nSPS) is 12.7. The molecule has 0 N–H and O–H groups in total. The molecule has 0 saturated heterocycles. The Labute approximate surface area is 172 Å². The van der Waals surface area contributed by atoms with E-state index in [4.69, 9.17) is 0 Å². The maximum absolute atomic E-state index is 2.39. The zero-order valence-electron chi connectivity index (χ0n) is 15.6. The Balaban J connectivity index is 1.75. The van der Waals surface area contributed by atoms with Gasteiger partial charge in [0.1, 0.15) is 0 Å². The molecule has 0 unspecified atom stereocenters. The Morgan fingerprint density at radius 3 is 1.66 bits per heavy atom. The Hall–Kier alpha value is -3.29.